The van der Waals surface area contributed by atoms with Crippen LogP contribution in [-0.4, -0.2) is 9.52 Å². The standard InChI is InChI=1S/C8H16Si/c1-6-9-8(4,5)7(2)3/h1,7H,9H2,2-5H3. The van der Waals surface area contributed by atoms with Crippen LogP contribution in [0.25, 0.3) is 0 Å². The molecule has 0 aliphatic carbocycles. The summed E-state index contributed by atoms with van der Waals surface area (Å²) in [6.45, 7) is 9.02. The molecule has 0 aromatic rings. The molecule has 0 aliphatic rings. The molecule has 0 unspecified atom stereocenters. The molecule has 0 spiro atoms. The van der Waals surface area contributed by atoms with Gasteiger partial charge in [0.05, 0.1) is 0 Å². The van der Waals surface area contributed by atoms with Crippen molar-refractivity contribution in [1.29, 1.82) is 0 Å². The van der Waals surface area contributed by atoms with Crippen LogP contribution in [0.3, 0.4) is 0 Å². The second kappa shape index (κ2) is 3.08. The predicted octanol–water partition coefficient (Wildman–Crippen LogP) is 1.60. The van der Waals surface area contributed by atoms with Gasteiger partial charge >= 0.3 is 0 Å². The molecule has 0 nitrogen and oxygen atoms in total. The highest BCUT2D eigenvalue weighted by Crippen LogP contribution is 2.31. The van der Waals surface area contributed by atoms with E-state index in [0.29, 0.717) is 5.04 Å². The van der Waals surface area contributed by atoms with Crippen LogP contribution in [0.4, 0.5) is 0 Å². The Hall–Kier alpha value is -0.223. The van der Waals surface area contributed by atoms with Gasteiger partial charge in [0.1, 0.15) is 9.52 Å². The molecular weight excluding hydrogens is 124 g/mol. The summed E-state index contributed by atoms with van der Waals surface area (Å²) >= 11 is 0. The molecule has 0 aromatic heterocycles. The van der Waals surface area contributed by atoms with Gasteiger partial charge in [0.15, 0.2) is 0 Å². The predicted molar refractivity (Wildman–Crippen MR) is 46.3 cm³/mol. The lowest BCUT2D eigenvalue weighted by molar-refractivity contribution is 0.477. The zero-order valence-electron chi connectivity index (χ0n) is 6.86. The lowest BCUT2D eigenvalue weighted by Crippen LogP contribution is -2.17. The minimum atomic E-state index is -0.270. The van der Waals surface area contributed by atoms with Gasteiger partial charge in [-0.05, 0) is 11.0 Å². The van der Waals surface area contributed by atoms with Gasteiger partial charge in [-0.15, -0.1) is 12.0 Å². The molecular formula is C8H16Si. The Morgan fingerprint density at radius 1 is 1.44 bits per heavy atom. The molecule has 0 heterocycles. The van der Waals surface area contributed by atoms with E-state index in [4.69, 9.17) is 6.42 Å². The topological polar surface area (TPSA) is 0 Å². The van der Waals surface area contributed by atoms with E-state index >= 15 is 0 Å². The first-order chi connectivity index (χ1) is 4.00. The van der Waals surface area contributed by atoms with Crippen molar-refractivity contribution in [1.82, 2.24) is 0 Å². The van der Waals surface area contributed by atoms with Gasteiger partial charge in [-0.25, -0.2) is 0 Å². The highest BCUT2D eigenvalue weighted by molar-refractivity contribution is 6.49. The largest absolute Gasteiger partial charge is 0.142 e. The van der Waals surface area contributed by atoms with Crippen molar-refractivity contribution < 1.29 is 0 Å². The second-order valence-electron chi connectivity index (χ2n) is 3.52. The van der Waals surface area contributed by atoms with Crippen LogP contribution in [0.5, 0.6) is 0 Å². The normalized spacial score (nSPS) is 12.9. The second-order valence-corrected chi connectivity index (χ2v) is 6.11. The first-order valence-corrected chi connectivity index (χ1v) is 4.85. The van der Waals surface area contributed by atoms with Crippen molar-refractivity contribution >= 4 is 9.52 Å². The minimum Gasteiger partial charge on any atom is -0.142 e. The fourth-order valence-corrected chi connectivity index (χ4v) is 1.40. The van der Waals surface area contributed by atoms with Gasteiger partial charge in [0.2, 0.25) is 0 Å². The molecule has 0 radical (unpaired) electrons. The molecule has 0 N–H and O–H groups in total. The maximum atomic E-state index is 5.26. The van der Waals surface area contributed by atoms with Crippen LogP contribution in [0.1, 0.15) is 27.7 Å². The highest BCUT2D eigenvalue weighted by atomic mass is 28.2. The van der Waals surface area contributed by atoms with E-state index in [2.05, 4.69) is 33.2 Å². The summed E-state index contributed by atoms with van der Waals surface area (Å²) in [6, 6.07) is 0. The van der Waals surface area contributed by atoms with Crippen molar-refractivity contribution in [3.63, 3.8) is 0 Å². The third-order valence-electron chi connectivity index (χ3n) is 2.12. The molecule has 52 valence electrons. The molecule has 0 fully saturated rings. The van der Waals surface area contributed by atoms with E-state index < -0.39 is 0 Å². The average molecular weight is 140 g/mol. The minimum absolute atomic E-state index is 0.270. The lowest BCUT2D eigenvalue weighted by Gasteiger charge is -2.25. The van der Waals surface area contributed by atoms with E-state index in [-0.39, 0.29) is 9.52 Å². The van der Waals surface area contributed by atoms with Crippen LogP contribution in [0, 0.1) is 17.9 Å². The molecule has 0 bridgehead atoms. The van der Waals surface area contributed by atoms with Crippen molar-refractivity contribution in [3.8, 4) is 12.0 Å². The Bertz CT molecular complexity index is 117. The van der Waals surface area contributed by atoms with Crippen LogP contribution in [-0.2, 0) is 0 Å². The molecule has 9 heavy (non-hydrogen) atoms. The molecule has 0 saturated carbocycles. The third kappa shape index (κ3) is 2.72. The molecule has 0 rings (SSSR count). The van der Waals surface area contributed by atoms with Crippen LogP contribution in [0.15, 0.2) is 0 Å². The van der Waals surface area contributed by atoms with Crippen LogP contribution in [0.2, 0.25) is 5.04 Å². The summed E-state index contributed by atoms with van der Waals surface area (Å²) in [4.78, 5) is 0. The SMILES string of the molecule is C#C[SiH2]C(C)(C)C(C)C. The zero-order chi connectivity index (χ0) is 7.49. The summed E-state index contributed by atoms with van der Waals surface area (Å²) in [5.74, 6) is 0.736. The summed E-state index contributed by atoms with van der Waals surface area (Å²) in [5.41, 5.74) is 2.83. The van der Waals surface area contributed by atoms with E-state index in [9.17, 15) is 0 Å². The quantitative estimate of drug-likeness (QED) is 0.404. The molecule has 1 heteroatoms. The fraction of sp³-hybridized carbons (Fsp3) is 0.750. The van der Waals surface area contributed by atoms with Gasteiger partial charge in [-0.3, -0.25) is 0 Å². The van der Waals surface area contributed by atoms with E-state index in [1.165, 1.54) is 0 Å². The van der Waals surface area contributed by atoms with Crippen molar-refractivity contribution in [3.05, 3.63) is 0 Å². The Labute approximate surface area is 60.9 Å². The smallest absolute Gasteiger partial charge is 0.112 e. The Morgan fingerprint density at radius 2 is 1.89 bits per heavy atom. The maximum absolute atomic E-state index is 5.26. The lowest BCUT2D eigenvalue weighted by atomic mass is 9.99. The summed E-state index contributed by atoms with van der Waals surface area (Å²) < 4.78 is 0. The average Bonchev–Trinajstić information content (AvgIpc) is 1.65. The Morgan fingerprint density at radius 3 is 2.00 bits per heavy atom. The van der Waals surface area contributed by atoms with Crippen LogP contribution >= 0.6 is 0 Å². The summed E-state index contributed by atoms with van der Waals surface area (Å²) in [6.07, 6.45) is 5.26. The first kappa shape index (κ1) is 8.78. The fourth-order valence-electron chi connectivity index (χ4n) is 0.467. The van der Waals surface area contributed by atoms with Crippen molar-refractivity contribution in [2.75, 3.05) is 0 Å². The van der Waals surface area contributed by atoms with E-state index in [1.54, 1.807) is 0 Å². The highest BCUT2D eigenvalue weighted by Gasteiger charge is 2.20. The molecule has 0 amide bonds. The van der Waals surface area contributed by atoms with Gasteiger partial charge in [-0.1, -0.05) is 27.7 Å². The van der Waals surface area contributed by atoms with Gasteiger partial charge in [0, 0.05) is 0 Å². The van der Waals surface area contributed by atoms with Crippen molar-refractivity contribution in [2.24, 2.45) is 5.92 Å². The number of terminal acetylenes is 1. The molecule has 0 aromatic carbocycles. The summed E-state index contributed by atoms with van der Waals surface area (Å²) in [7, 11) is -0.270. The Kier molecular flexibility index (Phi) is 3.00. The number of hydrogen-bond donors (Lipinski definition) is 0. The van der Waals surface area contributed by atoms with Crippen molar-refractivity contribution in [2.45, 2.75) is 32.7 Å². The van der Waals surface area contributed by atoms with E-state index in [1.807, 2.05) is 0 Å². The third-order valence-corrected chi connectivity index (χ3v) is 4.05. The summed E-state index contributed by atoms with van der Waals surface area (Å²) in [5, 5.41) is 0.453. The zero-order valence-corrected chi connectivity index (χ0v) is 8.28. The molecule has 0 aliphatic heterocycles. The maximum Gasteiger partial charge on any atom is 0.112 e. The number of hydrogen-bond acceptors (Lipinski definition) is 0. The molecule has 0 saturated heterocycles. The van der Waals surface area contributed by atoms with Gasteiger partial charge in [0.25, 0.3) is 0 Å². The monoisotopic (exact) mass is 140 g/mol. The van der Waals surface area contributed by atoms with Gasteiger partial charge in [-0.2, -0.15) is 0 Å². The number of rotatable bonds is 2. The first-order valence-electron chi connectivity index (χ1n) is 3.44. The van der Waals surface area contributed by atoms with Crippen LogP contribution < -0.4 is 0 Å². The molecule has 0 atom stereocenters. The Balaban J connectivity index is 3.89. The van der Waals surface area contributed by atoms with E-state index in [0.717, 1.165) is 5.92 Å². The van der Waals surface area contributed by atoms with Gasteiger partial charge < -0.3 is 0 Å².